The molecule has 0 radical (unpaired) electrons. The van der Waals surface area contributed by atoms with Crippen LogP contribution in [0.5, 0.6) is 0 Å². The van der Waals surface area contributed by atoms with Gasteiger partial charge in [0.2, 0.25) is 0 Å². The fraction of sp³-hybridized carbons (Fsp3) is 0.258. The summed E-state index contributed by atoms with van der Waals surface area (Å²) in [5, 5.41) is 1.07. The van der Waals surface area contributed by atoms with Gasteiger partial charge in [0, 0.05) is 5.39 Å². The summed E-state index contributed by atoms with van der Waals surface area (Å²) in [6.07, 6.45) is 1.85. The van der Waals surface area contributed by atoms with Crippen LogP contribution in [0.1, 0.15) is 68.7 Å². The molecule has 0 N–H and O–H groups in total. The highest BCUT2D eigenvalue weighted by atomic mass is 16.3. The molecule has 0 bridgehead atoms. The molecule has 2 aromatic heterocycles. The molecular weight excluding hydrogens is 416 g/mol. The average Bonchev–Trinajstić information content (AvgIpc) is 3.39. The van der Waals surface area contributed by atoms with Gasteiger partial charge in [-0.3, -0.25) is 0 Å². The summed E-state index contributed by atoms with van der Waals surface area (Å²) < 4.78 is 8.34. The molecule has 0 saturated heterocycles. The van der Waals surface area contributed by atoms with E-state index in [4.69, 9.17) is 9.40 Å². The van der Waals surface area contributed by atoms with E-state index in [1.165, 1.54) is 16.7 Å². The van der Waals surface area contributed by atoms with Crippen LogP contribution in [-0.2, 0) is 6.54 Å². The second kappa shape index (κ2) is 8.64. The second-order valence-corrected chi connectivity index (χ2v) is 9.88. The Balaban J connectivity index is 1.76. The van der Waals surface area contributed by atoms with Crippen LogP contribution in [0.4, 0.5) is 0 Å². The smallest absolute Gasteiger partial charge is 0.145 e. The summed E-state index contributed by atoms with van der Waals surface area (Å²) in [5.74, 6) is 1.83. The number of para-hydroxylation sites is 2. The van der Waals surface area contributed by atoms with Gasteiger partial charge in [-0.2, -0.15) is 0 Å². The number of rotatable bonds is 6. The fourth-order valence-electron chi connectivity index (χ4n) is 4.95. The van der Waals surface area contributed by atoms with E-state index >= 15 is 0 Å². The zero-order chi connectivity index (χ0) is 24.0. The molecule has 0 fully saturated rings. The van der Waals surface area contributed by atoms with E-state index < -0.39 is 0 Å². The summed E-state index contributed by atoms with van der Waals surface area (Å²) in [7, 11) is 0. The highest BCUT2D eigenvalue weighted by molar-refractivity contribution is 5.96. The number of hydrogen-bond donors (Lipinski definition) is 0. The maximum absolute atomic E-state index is 5.98. The zero-order valence-corrected chi connectivity index (χ0v) is 20.7. The maximum atomic E-state index is 5.98. The van der Waals surface area contributed by atoms with Crippen molar-refractivity contribution in [3.63, 3.8) is 0 Å². The molecule has 3 aromatic carbocycles. The number of hydrogen-bond acceptors (Lipinski definition) is 2. The SMILES string of the molecule is C=C(C)c1ccc2occ(-c3nc4ccccc4n3Cc3c(C(C)C)cccc3C(C)C)c2c1. The van der Waals surface area contributed by atoms with Crippen LogP contribution in [0.15, 0.2) is 77.9 Å². The summed E-state index contributed by atoms with van der Waals surface area (Å²) >= 11 is 0. The molecular formula is C31H32N2O. The van der Waals surface area contributed by atoms with E-state index in [1.54, 1.807) is 0 Å². The topological polar surface area (TPSA) is 31.0 Å². The molecule has 3 heteroatoms. The largest absolute Gasteiger partial charge is 0.464 e. The van der Waals surface area contributed by atoms with Gasteiger partial charge < -0.3 is 8.98 Å². The van der Waals surface area contributed by atoms with Crippen molar-refractivity contribution in [3.8, 4) is 11.4 Å². The first kappa shape index (κ1) is 22.2. The molecule has 0 amide bonds. The monoisotopic (exact) mass is 448 g/mol. The predicted molar refractivity (Wildman–Crippen MR) is 143 cm³/mol. The third-order valence-electron chi connectivity index (χ3n) is 6.77. The third-order valence-corrected chi connectivity index (χ3v) is 6.77. The molecule has 0 aliphatic carbocycles. The average molecular weight is 449 g/mol. The van der Waals surface area contributed by atoms with Crippen LogP contribution in [0.3, 0.4) is 0 Å². The molecule has 2 heterocycles. The lowest BCUT2D eigenvalue weighted by molar-refractivity contribution is 0.616. The number of nitrogens with zero attached hydrogens (tertiary/aromatic N) is 2. The Labute approximate surface area is 201 Å². The van der Waals surface area contributed by atoms with Crippen LogP contribution in [-0.4, -0.2) is 9.55 Å². The second-order valence-electron chi connectivity index (χ2n) is 9.88. The predicted octanol–water partition coefficient (Wildman–Crippen LogP) is 8.78. The molecule has 3 nitrogen and oxygen atoms in total. The zero-order valence-electron chi connectivity index (χ0n) is 20.7. The van der Waals surface area contributed by atoms with Gasteiger partial charge in [-0.25, -0.2) is 4.98 Å². The number of allylic oxidation sites excluding steroid dienone is 1. The van der Waals surface area contributed by atoms with Gasteiger partial charge in [-0.05, 0) is 65.3 Å². The molecule has 0 unspecified atom stereocenters. The first-order valence-corrected chi connectivity index (χ1v) is 12.1. The highest BCUT2D eigenvalue weighted by Gasteiger charge is 2.21. The molecule has 0 aliphatic rings. The minimum Gasteiger partial charge on any atom is -0.464 e. The van der Waals surface area contributed by atoms with E-state index in [0.717, 1.165) is 51.1 Å². The lowest BCUT2D eigenvalue weighted by Crippen LogP contribution is -2.10. The van der Waals surface area contributed by atoms with Gasteiger partial charge in [0.25, 0.3) is 0 Å². The molecule has 0 aliphatic heterocycles. The van der Waals surface area contributed by atoms with Crippen molar-refractivity contribution in [3.05, 3.63) is 95.8 Å². The first-order chi connectivity index (χ1) is 16.3. The molecule has 0 spiro atoms. The Morgan fingerprint density at radius 2 is 1.65 bits per heavy atom. The summed E-state index contributed by atoms with van der Waals surface area (Å²) in [6.45, 7) is 16.0. The molecule has 5 rings (SSSR count). The van der Waals surface area contributed by atoms with Gasteiger partial charge in [-0.15, -0.1) is 0 Å². The lowest BCUT2D eigenvalue weighted by atomic mass is 9.88. The number of furan rings is 1. The van der Waals surface area contributed by atoms with Gasteiger partial charge >= 0.3 is 0 Å². The Bertz CT molecular complexity index is 1490. The normalized spacial score (nSPS) is 11.9. The standard InChI is InChI=1S/C31H32N2O/c1-19(2)22-14-15-30-25(16-22)27(18-34-30)31-32-28-12-7-8-13-29(28)33(31)17-26-23(20(3)4)10-9-11-24(26)21(5)6/h7-16,18,20-21H,1,17H2,2-6H3. The van der Waals surface area contributed by atoms with Crippen LogP contribution in [0.25, 0.3) is 39.0 Å². The quantitative estimate of drug-likeness (QED) is 0.260. The minimum atomic E-state index is 0.444. The van der Waals surface area contributed by atoms with Crippen LogP contribution in [0.2, 0.25) is 0 Å². The summed E-state index contributed by atoms with van der Waals surface area (Å²) in [6, 6.07) is 21.4. The lowest BCUT2D eigenvalue weighted by Gasteiger charge is -2.21. The Hall–Kier alpha value is -3.59. The van der Waals surface area contributed by atoms with E-state index in [2.05, 4.69) is 93.4 Å². The number of imidazole rings is 1. The Morgan fingerprint density at radius 1 is 0.941 bits per heavy atom. The first-order valence-electron chi connectivity index (χ1n) is 12.1. The Morgan fingerprint density at radius 3 is 2.32 bits per heavy atom. The number of benzene rings is 3. The van der Waals surface area contributed by atoms with Gasteiger partial charge in [0.1, 0.15) is 17.7 Å². The van der Waals surface area contributed by atoms with Crippen molar-refractivity contribution < 1.29 is 4.42 Å². The molecule has 0 atom stereocenters. The van der Waals surface area contributed by atoms with Crippen LogP contribution >= 0.6 is 0 Å². The Kier molecular flexibility index (Phi) is 5.65. The van der Waals surface area contributed by atoms with Crippen LogP contribution < -0.4 is 0 Å². The van der Waals surface area contributed by atoms with Crippen molar-refractivity contribution in [2.24, 2.45) is 0 Å². The van der Waals surface area contributed by atoms with E-state index in [-0.39, 0.29) is 0 Å². The van der Waals surface area contributed by atoms with E-state index in [9.17, 15) is 0 Å². The van der Waals surface area contributed by atoms with Crippen molar-refractivity contribution in [1.82, 2.24) is 9.55 Å². The maximum Gasteiger partial charge on any atom is 0.145 e. The summed E-state index contributed by atoms with van der Waals surface area (Å²) in [4.78, 5) is 5.11. The summed E-state index contributed by atoms with van der Waals surface area (Å²) in [5.41, 5.74) is 10.4. The molecule has 5 aromatic rings. The van der Waals surface area contributed by atoms with Gasteiger partial charge in [0.15, 0.2) is 0 Å². The fourth-order valence-corrected chi connectivity index (χ4v) is 4.95. The highest BCUT2D eigenvalue weighted by Crippen LogP contribution is 2.36. The number of fused-ring (bicyclic) bond motifs is 2. The van der Waals surface area contributed by atoms with Crippen molar-refractivity contribution in [2.45, 2.75) is 53.0 Å². The van der Waals surface area contributed by atoms with Crippen LogP contribution in [0, 0.1) is 0 Å². The van der Waals surface area contributed by atoms with Crippen molar-refractivity contribution in [2.75, 3.05) is 0 Å². The molecule has 0 saturated carbocycles. The molecule has 172 valence electrons. The molecule has 34 heavy (non-hydrogen) atoms. The van der Waals surface area contributed by atoms with Crippen molar-refractivity contribution in [1.29, 1.82) is 0 Å². The van der Waals surface area contributed by atoms with Gasteiger partial charge in [-0.1, -0.05) is 76.2 Å². The van der Waals surface area contributed by atoms with Crippen molar-refractivity contribution >= 4 is 27.6 Å². The minimum absolute atomic E-state index is 0.444. The van der Waals surface area contributed by atoms with E-state index in [0.29, 0.717) is 11.8 Å². The van der Waals surface area contributed by atoms with Gasteiger partial charge in [0.05, 0.1) is 23.1 Å². The number of aromatic nitrogens is 2. The third kappa shape index (κ3) is 3.75. The van der Waals surface area contributed by atoms with E-state index in [1.807, 2.05) is 19.3 Å².